The predicted octanol–water partition coefficient (Wildman–Crippen LogP) is 2.96. The second-order valence-electron chi connectivity index (χ2n) is 3.24. The smallest absolute Gasteiger partial charge is 0.366 e. The minimum Gasteiger partial charge on any atom is -0.366 e. The highest BCUT2D eigenvalue weighted by molar-refractivity contribution is 5.94. The maximum absolute atomic E-state index is 13.0. The van der Waals surface area contributed by atoms with E-state index in [1.807, 2.05) is 0 Å². The van der Waals surface area contributed by atoms with Gasteiger partial charge in [-0.3, -0.25) is 4.79 Å². The number of hydrogen-bond acceptors (Lipinski definition) is 1. The van der Waals surface area contributed by atoms with E-state index in [1.54, 1.807) is 0 Å². The summed E-state index contributed by atoms with van der Waals surface area (Å²) in [5.74, 6) is -3.67. The van der Waals surface area contributed by atoms with Crippen LogP contribution in [-0.4, -0.2) is 5.91 Å². The monoisotopic (exact) mass is 275 g/mol. The van der Waals surface area contributed by atoms with Crippen molar-refractivity contribution in [2.45, 2.75) is 12.4 Å². The first-order valence-corrected chi connectivity index (χ1v) is 4.22. The van der Waals surface area contributed by atoms with Gasteiger partial charge < -0.3 is 5.73 Å². The fourth-order valence-corrected chi connectivity index (χ4v) is 1.23. The van der Waals surface area contributed by atoms with Crippen molar-refractivity contribution in [1.29, 1.82) is 0 Å². The van der Waals surface area contributed by atoms with Crippen LogP contribution in [0.5, 0.6) is 0 Å². The van der Waals surface area contributed by atoms with Crippen LogP contribution in [0.4, 0.5) is 30.7 Å². The molecule has 0 radical (unpaired) electrons. The van der Waals surface area contributed by atoms with Crippen molar-refractivity contribution in [3.05, 3.63) is 34.6 Å². The highest BCUT2D eigenvalue weighted by Gasteiger charge is 2.41. The average Bonchev–Trinajstić information content (AvgIpc) is 2.12. The lowest BCUT2D eigenvalue weighted by Crippen LogP contribution is -2.21. The molecule has 0 saturated carbocycles. The Kier molecular flexibility index (Phi) is 3.28. The van der Waals surface area contributed by atoms with Gasteiger partial charge in [-0.15, -0.1) is 0 Å². The first-order valence-electron chi connectivity index (χ1n) is 4.22. The van der Waals surface area contributed by atoms with E-state index >= 15 is 0 Å². The Morgan fingerprint density at radius 3 is 1.72 bits per heavy atom. The lowest BCUT2D eigenvalue weighted by atomic mass is 10.0. The van der Waals surface area contributed by atoms with E-state index in [9.17, 15) is 35.5 Å². The molecule has 1 aromatic rings. The molecule has 100 valence electrons. The third-order valence-corrected chi connectivity index (χ3v) is 1.98. The molecule has 0 bridgehead atoms. The Labute approximate surface area is 95.2 Å². The van der Waals surface area contributed by atoms with Gasteiger partial charge in [0, 0.05) is 0 Å². The lowest BCUT2D eigenvalue weighted by molar-refractivity contribution is -0.144. The van der Waals surface area contributed by atoms with E-state index in [0.717, 1.165) is 0 Å². The van der Waals surface area contributed by atoms with Gasteiger partial charge in [-0.05, 0) is 12.1 Å². The number of nitrogens with two attached hydrogens (primary N) is 1. The molecule has 1 amide bonds. The van der Waals surface area contributed by atoms with Crippen molar-refractivity contribution in [2.75, 3.05) is 0 Å². The molecule has 2 N–H and O–H groups in total. The van der Waals surface area contributed by atoms with Crippen molar-refractivity contribution in [3.63, 3.8) is 0 Å². The fraction of sp³-hybridized carbons (Fsp3) is 0.222. The number of amides is 1. The first kappa shape index (κ1) is 14.3. The molecular weight excluding hydrogens is 271 g/mol. The van der Waals surface area contributed by atoms with E-state index in [4.69, 9.17) is 0 Å². The summed E-state index contributed by atoms with van der Waals surface area (Å²) < 4.78 is 86.9. The summed E-state index contributed by atoms with van der Waals surface area (Å²) in [5.41, 5.74) is -0.840. The van der Waals surface area contributed by atoms with Crippen molar-refractivity contribution in [2.24, 2.45) is 5.73 Å². The molecule has 0 unspecified atom stereocenters. The van der Waals surface area contributed by atoms with Crippen LogP contribution in [0.2, 0.25) is 0 Å². The average molecular weight is 275 g/mol. The van der Waals surface area contributed by atoms with Gasteiger partial charge in [0.1, 0.15) is 5.82 Å². The third-order valence-electron chi connectivity index (χ3n) is 1.98. The summed E-state index contributed by atoms with van der Waals surface area (Å²) >= 11 is 0. The van der Waals surface area contributed by atoms with Crippen molar-refractivity contribution in [1.82, 2.24) is 0 Å². The van der Waals surface area contributed by atoms with Gasteiger partial charge in [-0.2, -0.15) is 26.3 Å². The van der Waals surface area contributed by atoms with Crippen LogP contribution in [0.25, 0.3) is 0 Å². The van der Waals surface area contributed by atoms with Gasteiger partial charge in [0.25, 0.3) is 0 Å². The van der Waals surface area contributed by atoms with E-state index in [1.165, 1.54) is 0 Å². The number of carbonyl (C=O) groups excluding carboxylic acids is 1. The molecule has 0 spiro atoms. The van der Waals surface area contributed by atoms with Crippen LogP contribution in [0.1, 0.15) is 21.5 Å². The first-order chi connectivity index (χ1) is 7.94. The summed E-state index contributed by atoms with van der Waals surface area (Å²) in [6.45, 7) is 0. The van der Waals surface area contributed by atoms with Crippen LogP contribution in [0.15, 0.2) is 12.1 Å². The minimum atomic E-state index is -5.31. The summed E-state index contributed by atoms with van der Waals surface area (Å²) in [6, 6.07) is -0.649. The molecule has 1 rings (SSSR count). The number of primary amides is 1. The number of hydrogen-bond donors (Lipinski definition) is 1. The Morgan fingerprint density at radius 2 is 1.39 bits per heavy atom. The minimum absolute atomic E-state index is 0.173. The molecule has 9 heteroatoms. The van der Waals surface area contributed by atoms with Crippen molar-refractivity contribution >= 4 is 5.91 Å². The fourth-order valence-electron chi connectivity index (χ4n) is 1.23. The number of alkyl halides is 6. The molecule has 2 nitrogen and oxygen atoms in total. The van der Waals surface area contributed by atoms with Gasteiger partial charge in [0.15, 0.2) is 0 Å². The SMILES string of the molecule is NC(=O)c1cc(F)c(C(F)(F)F)cc1C(F)(F)F. The molecule has 0 aliphatic carbocycles. The predicted molar refractivity (Wildman–Crippen MR) is 44.9 cm³/mol. The molecule has 1 aromatic carbocycles. The quantitative estimate of drug-likeness (QED) is 0.787. The van der Waals surface area contributed by atoms with Crippen LogP contribution < -0.4 is 5.73 Å². The third kappa shape index (κ3) is 2.71. The Bertz CT molecular complexity index is 489. The summed E-state index contributed by atoms with van der Waals surface area (Å²) in [6.07, 6.45) is -10.6. The molecule has 0 aromatic heterocycles. The Hall–Kier alpha value is -1.80. The number of benzene rings is 1. The number of halogens is 7. The molecule has 18 heavy (non-hydrogen) atoms. The molecular formula is C9H4F7NO. The second kappa shape index (κ2) is 4.14. The Balaban J connectivity index is 3.62. The zero-order valence-electron chi connectivity index (χ0n) is 8.29. The van der Waals surface area contributed by atoms with Crippen molar-refractivity contribution in [3.8, 4) is 0 Å². The van der Waals surface area contributed by atoms with Gasteiger partial charge >= 0.3 is 12.4 Å². The maximum atomic E-state index is 13.0. The standard InChI is InChI=1S/C9H4F7NO/c10-6-1-3(7(17)18)4(8(11,12)13)2-5(6)9(14,15)16/h1-2H,(H2,17,18). The van der Waals surface area contributed by atoms with Gasteiger partial charge in [-0.1, -0.05) is 0 Å². The van der Waals surface area contributed by atoms with Gasteiger partial charge in [0.05, 0.1) is 16.7 Å². The van der Waals surface area contributed by atoms with Crippen molar-refractivity contribution < 1.29 is 35.5 Å². The molecule has 0 fully saturated rings. The van der Waals surface area contributed by atoms with Gasteiger partial charge in [0.2, 0.25) is 5.91 Å². The summed E-state index contributed by atoms with van der Waals surface area (Å²) in [5, 5.41) is 0. The van der Waals surface area contributed by atoms with E-state index in [0.29, 0.717) is 0 Å². The topological polar surface area (TPSA) is 43.1 Å². The van der Waals surface area contributed by atoms with E-state index in [2.05, 4.69) is 5.73 Å². The van der Waals surface area contributed by atoms with Crippen LogP contribution in [0, 0.1) is 5.82 Å². The lowest BCUT2D eigenvalue weighted by Gasteiger charge is -2.15. The van der Waals surface area contributed by atoms with Crippen LogP contribution in [-0.2, 0) is 12.4 Å². The second-order valence-corrected chi connectivity index (χ2v) is 3.24. The zero-order chi connectivity index (χ0) is 14.3. The normalized spacial score (nSPS) is 12.6. The molecule has 0 atom stereocenters. The number of carbonyl (C=O) groups is 1. The summed E-state index contributed by atoms with van der Waals surface area (Å²) in [4.78, 5) is 10.7. The Morgan fingerprint density at radius 1 is 0.944 bits per heavy atom. The van der Waals surface area contributed by atoms with E-state index in [-0.39, 0.29) is 6.07 Å². The molecule has 0 aliphatic heterocycles. The largest absolute Gasteiger partial charge is 0.419 e. The number of rotatable bonds is 1. The molecule has 0 saturated heterocycles. The maximum Gasteiger partial charge on any atom is 0.419 e. The highest BCUT2D eigenvalue weighted by atomic mass is 19.4. The molecule has 0 aliphatic rings. The summed E-state index contributed by atoms with van der Waals surface area (Å²) in [7, 11) is 0. The highest BCUT2D eigenvalue weighted by Crippen LogP contribution is 2.38. The van der Waals surface area contributed by atoms with E-state index < -0.39 is 46.8 Å². The van der Waals surface area contributed by atoms with Crippen LogP contribution >= 0.6 is 0 Å². The zero-order valence-corrected chi connectivity index (χ0v) is 8.29. The van der Waals surface area contributed by atoms with Crippen LogP contribution in [0.3, 0.4) is 0 Å². The molecule has 0 heterocycles. The van der Waals surface area contributed by atoms with Gasteiger partial charge in [-0.25, -0.2) is 4.39 Å².